The Morgan fingerprint density at radius 3 is 2.40 bits per heavy atom. The van der Waals surface area contributed by atoms with Crippen LogP contribution in [0.4, 0.5) is 0 Å². The Balaban J connectivity index is 2.97. The van der Waals surface area contributed by atoms with Crippen LogP contribution in [0.2, 0.25) is 0 Å². The third kappa shape index (κ3) is 1.53. The molecule has 0 aliphatic rings. The molecule has 1 rings (SSSR count). The second-order valence-electron chi connectivity index (χ2n) is 2.97. The van der Waals surface area contributed by atoms with Gasteiger partial charge in [-0.05, 0) is 6.92 Å². The van der Waals surface area contributed by atoms with Crippen LogP contribution in [0.25, 0.3) is 0 Å². The van der Waals surface area contributed by atoms with Crippen LogP contribution in [-0.4, -0.2) is 9.97 Å². The molecule has 1 aromatic heterocycles. The molecule has 0 bridgehead atoms. The molecule has 1 heterocycles. The topological polar surface area (TPSA) is 25.8 Å². The molecule has 53 valence electrons. The first-order chi connectivity index (χ1) is 4.61. The molecule has 0 atom stereocenters. The Kier molecular flexibility index (Phi) is 1.70. The van der Waals surface area contributed by atoms with Crippen molar-refractivity contribution < 1.29 is 0 Å². The quantitative estimate of drug-likeness (QED) is 0.584. The predicted molar refractivity (Wildman–Crippen MR) is 40.4 cm³/mol. The zero-order valence-electron chi connectivity index (χ0n) is 6.33. The van der Waals surface area contributed by atoms with E-state index >= 15 is 0 Å². The van der Waals surface area contributed by atoms with Gasteiger partial charge in [0.25, 0.3) is 0 Å². The molecule has 0 aliphatic heterocycles. The summed E-state index contributed by atoms with van der Waals surface area (Å²) in [4.78, 5) is 8.07. The van der Waals surface area contributed by atoms with Gasteiger partial charge in [0, 0.05) is 24.0 Å². The minimum atomic E-state index is -0.131. The molecular weight excluding hydrogens is 124 g/mol. The predicted octanol–water partition coefficient (Wildman–Crippen LogP) is 1.59. The first-order valence-corrected chi connectivity index (χ1v) is 3.22. The van der Waals surface area contributed by atoms with Crippen molar-refractivity contribution in [3.63, 3.8) is 0 Å². The molecule has 0 saturated carbocycles. The van der Waals surface area contributed by atoms with E-state index < -0.39 is 0 Å². The Morgan fingerprint density at radius 1 is 1.40 bits per heavy atom. The first kappa shape index (κ1) is 7.19. The van der Waals surface area contributed by atoms with E-state index in [2.05, 4.69) is 16.9 Å². The largest absolute Gasteiger partial charge is 0.261 e. The summed E-state index contributed by atoms with van der Waals surface area (Å²) >= 11 is 0. The highest BCUT2D eigenvalue weighted by molar-refractivity contribution is 5.10. The lowest BCUT2D eigenvalue weighted by atomic mass is 9.93. The van der Waals surface area contributed by atoms with Crippen molar-refractivity contribution in [1.29, 1.82) is 0 Å². The lowest BCUT2D eigenvalue weighted by Crippen LogP contribution is -2.13. The highest BCUT2D eigenvalue weighted by Crippen LogP contribution is 2.16. The van der Waals surface area contributed by atoms with E-state index in [1.807, 2.05) is 13.8 Å². The van der Waals surface area contributed by atoms with Gasteiger partial charge in [0.05, 0.1) is 5.69 Å². The van der Waals surface area contributed by atoms with E-state index in [1.165, 1.54) is 0 Å². The van der Waals surface area contributed by atoms with Crippen molar-refractivity contribution in [2.24, 2.45) is 0 Å². The summed E-state index contributed by atoms with van der Waals surface area (Å²) in [5, 5.41) is 0. The maximum Gasteiger partial charge on any atom is 0.0642 e. The van der Waals surface area contributed by atoms with Gasteiger partial charge in [-0.15, -0.1) is 0 Å². The fourth-order valence-electron chi connectivity index (χ4n) is 0.649. The van der Waals surface area contributed by atoms with Crippen molar-refractivity contribution in [3.8, 4) is 0 Å². The average molecular weight is 135 g/mol. The van der Waals surface area contributed by atoms with Gasteiger partial charge in [0.2, 0.25) is 0 Å². The van der Waals surface area contributed by atoms with E-state index in [0.29, 0.717) is 0 Å². The molecule has 0 N–H and O–H groups in total. The van der Waals surface area contributed by atoms with Gasteiger partial charge in [0.1, 0.15) is 0 Å². The molecular formula is C8H11N2. The molecule has 0 saturated heterocycles. The standard InChI is InChI=1S/C8H11N2/c1-8(2,3)7-6-9-4-5-10-7/h4-6H,1H2,2-3H3. The summed E-state index contributed by atoms with van der Waals surface area (Å²) in [6.07, 6.45) is 5.09. The van der Waals surface area contributed by atoms with Gasteiger partial charge in [-0.25, -0.2) is 0 Å². The van der Waals surface area contributed by atoms with Gasteiger partial charge in [-0.2, -0.15) is 0 Å². The van der Waals surface area contributed by atoms with Crippen molar-refractivity contribution in [3.05, 3.63) is 31.2 Å². The van der Waals surface area contributed by atoms with E-state index in [4.69, 9.17) is 0 Å². The van der Waals surface area contributed by atoms with Crippen LogP contribution < -0.4 is 0 Å². The van der Waals surface area contributed by atoms with Crippen molar-refractivity contribution in [1.82, 2.24) is 9.97 Å². The molecule has 0 spiro atoms. The van der Waals surface area contributed by atoms with Crippen molar-refractivity contribution >= 4 is 0 Å². The molecule has 1 radical (unpaired) electrons. The number of nitrogens with zero attached hydrogens (tertiary/aromatic N) is 2. The molecule has 2 heteroatoms. The van der Waals surface area contributed by atoms with Crippen molar-refractivity contribution in [2.45, 2.75) is 19.3 Å². The summed E-state index contributed by atoms with van der Waals surface area (Å²) < 4.78 is 0. The van der Waals surface area contributed by atoms with Gasteiger partial charge in [-0.3, -0.25) is 9.97 Å². The Morgan fingerprint density at radius 2 is 2.10 bits per heavy atom. The summed E-state index contributed by atoms with van der Waals surface area (Å²) in [6, 6.07) is 0. The molecule has 10 heavy (non-hydrogen) atoms. The van der Waals surface area contributed by atoms with Crippen LogP contribution in [0.1, 0.15) is 19.5 Å². The molecule has 0 fully saturated rings. The van der Waals surface area contributed by atoms with Gasteiger partial charge < -0.3 is 0 Å². The normalized spacial score (nSPS) is 11.5. The number of rotatable bonds is 1. The maximum atomic E-state index is 4.12. The third-order valence-electron chi connectivity index (χ3n) is 1.26. The lowest BCUT2D eigenvalue weighted by Gasteiger charge is -2.15. The Hall–Kier alpha value is -0.920. The molecule has 0 amide bonds. The third-order valence-corrected chi connectivity index (χ3v) is 1.26. The van der Waals surface area contributed by atoms with Crippen LogP contribution in [-0.2, 0) is 5.41 Å². The highest BCUT2D eigenvalue weighted by atomic mass is 14.8. The monoisotopic (exact) mass is 135 g/mol. The van der Waals surface area contributed by atoms with Crippen molar-refractivity contribution in [2.75, 3.05) is 0 Å². The minimum Gasteiger partial charge on any atom is -0.261 e. The molecule has 0 aromatic carbocycles. The molecule has 1 aromatic rings. The average Bonchev–Trinajstić information content (AvgIpc) is 1.88. The van der Waals surface area contributed by atoms with Crippen LogP contribution in [0.15, 0.2) is 18.6 Å². The van der Waals surface area contributed by atoms with Crippen LogP contribution in [0, 0.1) is 6.92 Å². The van der Waals surface area contributed by atoms with Crippen LogP contribution in [0.3, 0.4) is 0 Å². The Bertz CT molecular complexity index is 198. The number of aromatic nitrogens is 2. The minimum absolute atomic E-state index is 0.131. The molecule has 2 nitrogen and oxygen atoms in total. The maximum absolute atomic E-state index is 4.12. The van der Waals surface area contributed by atoms with E-state index in [1.54, 1.807) is 18.6 Å². The van der Waals surface area contributed by atoms with Gasteiger partial charge in [-0.1, -0.05) is 13.8 Å². The summed E-state index contributed by atoms with van der Waals surface area (Å²) in [5.41, 5.74) is 0.795. The van der Waals surface area contributed by atoms with E-state index in [-0.39, 0.29) is 5.41 Å². The SMILES string of the molecule is [CH2]C(C)(C)c1cnccn1. The van der Waals surface area contributed by atoms with Gasteiger partial charge >= 0.3 is 0 Å². The zero-order valence-corrected chi connectivity index (χ0v) is 6.33. The van der Waals surface area contributed by atoms with Crippen LogP contribution >= 0.6 is 0 Å². The molecule has 0 aliphatic carbocycles. The fourth-order valence-corrected chi connectivity index (χ4v) is 0.649. The summed E-state index contributed by atoms with van der Waals surface area (Å²) in [5.74, 6) is 0. The lowest BCUT2D eigenvalue weighted by molar-refractivity contribution is 0.634. The number of hydrogen-bond donors (Lipinski definition) is 0. The van der Waals surface area contributed by atoms with E-state index in [9.17, 15) is 0 Å². The highest BCUT2D eigenvalue weighted by Gasteiger charge is 2.14. The summed E-state index contributed by atoms with van der Waals surface area (Å²) in [7, 11) is 0. The molecule has 0 unspecified atom stereocenters. The second-order valence-corrected chi connectivity index (χ2v) is 2.97. The van der Waals surface area contributed by atoms with E-state index in [0.717, 1.165) is 5.69 Å². The Labute approximate surface area is 61.3 Å². The zero-order chi connectivity index (χ0) is 7.61. The van der Waals surface area contributed by atoms with Crippen LogP contribution in [0.5, 0.6) is 0 Å². The first-order valence-electron chi connectivity index (χ1n) is 3.22. The van der Waals surface area contributed by atoms with Gasteiger partial charge in [0.15, 0.2) is 0 Å². The number of hydrogen-bond acceptors (Lipinski definition) is 2. The summed E-state index contributed by atoms with van der Waals surface area (Å²) in [6.45, 7) is 7.96. The smallest absolute Gasteiger partial charge is 0.0642 e. The second kappa shape index (κ2) is 2.37. The fraction of sp³-hybridized carbons (Fsp3) is 0.375.